The van der Waals surface area contributed by atoms with E-state index in [1.54, 1.807) is 0 Å². The van der Waals surface area contributed by atoms with Crippen molar-refractivity contribution in [2.24, 2.45) is 0 Å². The number of aromatic amines is 1. The normalized spacial score (nSPS) is 24.0. The molecule has 0 aromatic carbocycles. The van der Waals surface area contributed by atoms with Gasteiger partial charge in [-0.2, -0.15) is 5.10 Å². The van der Waals surface area contributed by atoms with Gasteiger partial charge in [0.2, 0.25) is 0 Å². The third kappa shape index (κ3) is 0.812. The quantitative estimate of drug-likeness (QED) is 0.552. The van der Waals surface area contributed by atoms with Gasteiger partial charge in [-0.15, -0.1) is 0 Å². The topological polar surface area (TPSA) is 66.7 Å². The molecule has 1 aliphatic heterocycles. The number of aromatic nitrogens is 2. The molecule has 0 bridgehead atoms. The minimum atomic E-state index is 0.194. The molecule has 70 valence electrons. The molecule has 1 fully saturated rings. The standard InChI is InChI=1S/C9H14N4/c10-8-6-5-11-9(3-1-2-4-9)7(6)12-13-8/h11H,1-5H2,(H3,10,12,13). The Morgan fingerprint density at radius 1 is 1.31 bits per heavy atom. The zero-order chi connectivity index (χ0) is 8.89. The highest BCUT2D eigenvalue weighted by atomic mass is 15.2. The predicted octanol–water partition coefficient (Wildman–Crippen LogP) is 0.864. The van der Waals surface area contributed by atoms with E-state index in [1.165, 1.54) is 36.9 Å². The Labute approximate surface area is 76.9 Å². The molecule has 2 aliphatic rings. The van der Waals surface area contributed by atoms with Crippen molar-refractivity contribution in [2.75, 3.05) is 5.73 Å². The van der Waals surface area contributed by atoms with Gasteiger partial charge in [-0.25, -0.2) is 0 Å². The average Bonchev–Trinajstić information content (AvgIpc) is 2.76. The van der Waals surface area contributed by atoms with Gasteiger partial charge in [-0.3, -0.25) is 5.10 Å². The summed E-state index contributed by atoms with van der Waals surface area (Å²) in [6.45, 7) is 0.887. The second-order valence-corrected chi connectivity index (χ2v) is 4.11. The van der Waals surface area contributed by atoms with E-state index in [-0.39, 0.29) is 5.54 Å². The molecule has 1 aromatic rings. The van der Waals surface area contributed by atoms with Crippen molar-refractivity contribution in [1.82, 2.24) is 15.5 Å². The summed E-state index contributed by atoms with van der Waals surface area (Å²) in [6, 6.07) is 0. The van der Waals surface area contributed by atoms with Crippen molar-refractivity contribution in [2.45, 2.75) is 37.8 Å². The predicted molar refractivity (Wildman–Crippen MR) is 50.0 cm³/mol. The van der Waals surface area contributed by atoms with Crippen LogP contribution in [0.4, 0.5) is 5.82 Å². The number of H-pyrrole nitrogens is 1. The van der Waals surface area contributed by atoms with Crippen LogP contribution in [0.25, 0.3) is 0 Å². The number of rotatable bonds is 0. The fourth-order valence-corrected chi connectivity index (χ4v) is 2.71. The van der Waals surface area contributed by atoms with Gasteiger partial charge in [0.1, 0.15) is 5.82 Å². The number of nitrogens with two attached hydrogens (primary N) is 1. The van der Waals surface area contributed by atoms with Crippen LogP contribution in [-0.4, -0.2) is 10.2 Å². The maximum atomic E-state index is 5.76. The fraction of sp³-hybridized carbons (Fsp3) is 0.667. The van der Waals surface area contributed by atoms with Crippen molar-refractivity contribution in [3.05, 3.63) is 11.3 Å². The number of fused-ring (bicyclic) bond motifs is 2. The maximum absolute atomic E-state index is 5.76. The van der Waals surface area contributed by atoms with Gasteiger partial charge in [0, 0.05) is 12.1 Å². The first-order valence-electron chi connectivity index (χ1n) is 4.90. The molecular weight excluding hydrogens is 164 g/mol. The third-order valence-corrected chi connectivity index (χ3v) is 3.44. The largest absolute Gasteiger partial charge is 0.382 e. The van der Waals surface area contributed by atoms with Crippen LogP contribution in [0.2, 0.25) is 0 Å². The maximum Gasteiger partial charge on any atom is 0.150 e. The van der Waals surface area contributed by atoms with E-state index in [0.717, 1.165) is 6.54 Å². The summed E-state index contributed by atoms with van der Waals surface area (Å²) in [6.07, 6.45) is 5.07. The van der Waals surface area contributed by atoms with Crippen LogP contribution in [0.3, 0.4) is 0 Å². The SMILES string of the molecule is Nc1n[nH]c2c1CNC21CCCC1. The minimum absolute atomic E-state index is 0.194. The summed E-state index contributed by atoms with van der Waals surface area (Å²) in [4.78, 5) is 0. The molecule has 0 radical (unpaired) electrons. The monoisotopic (exact) mass is 178 g/mol. The second kappa shape index (κ2) is 2.26. The first-order chi connectivity index (χ1) is 6.32. The molecule has 0 atom stereocenters. The number of hydrogen-bond acceptors (Lipinski definition) is 3. The highest BCUT2D eigenvalue weighted by Gasteiger charge is 2.43. The number of nitrogens with one attached hydrogen (secondary N) is 2. The van der Waals surface area contributed by atoms with Crippen LogP contribution in [0, 0.1) is 0 Å². The number of hydrogen-bond donors (Lipinski definition) is 3. The molecule has 4 N–H and O–H groups in total. The number of anilines is 1. The van der Waals surface area contributed by atoms with E-state index >= 15 is 0 Å². The molecule has 3 rings (SSSR count). The Hall–Kier alpha value is -1.03. The summed E-state index contributed by atoms with van der Waals surface area (Å²) in [7, 11) is 0. The Morgan fingerprint density at radius 2 is 2.08 bits per heavy atom. The molecule has 0 unspecified atom stereocenters. The van der Waals surface area contributed by atoms with Gasteiger partial charge in [0.25, 0.3) is 0 Å². The lowest BCUT2D eigenvalue weighted by Crippen LogP contribution is -2.33. The van der Waals surface area contributed by atoms with Crippen molar-refractivity contribution < 1.29 is 0 Å². The van der Waals surface area contributed by atoms with Crippen molar-refractivity contribution in [1.29, 1.82) is 0 Å². The minimum Gasteiger partial charge on any atom is -0.382 e. The van der Waals surface area contributed by atoms with Crippen molar-refractivity contribution in [3.8, 4) is 0 Å². The van der Waals surface area contributed by atoms with Gasteiger partial charge in [0.05, 0.1) is 11.2 Å². The van der Waals surface area contributed by atoms with Crippen LogP contribution in [-0.2, 0) is 12.1 Å². The van der Waals surface area contributed by atoms with E-state index in [9.17, 15) is 0 Å². The second-order valence-electron chi connectivity index (χ2n) is 4.11. The van der Waals surface area contributed by atoms with Crippen LogP contribution >= 0.6 is 0 Å². The summed E-state index contributed by atoms with van der Waals surface area (Å²) in [5.41, 5.74) is 8.40. The first-order valence-corrected chi connectivity index (χ1v) is 4.90. The molecule has 0 saturated heterocycles. The summed E-state index contributed by atoms with van der Waals surface area (Å²) < 4.78 is 0. The van der Waals surface area contributed by atoms with E-state index < -0.39 is 0 Å². The van der Waals surface area contributed by atoms with E-state index in [2.05, 4.69) is 15.5 Å². The molecular formula is C9H14N4. The molecule has 2 heterocycles. The lowest BCUT2D eigenvalue weighted by atomic mass is 9.95. The molecule has 1 saturated carbocycles. The van der Waals surface area contributed by atoms with Crippen LogP contribution < -0.4 is 11.1 Å². The van der Waals surface area contributed by atoms with Gasteiger partial charge in [-0.1, -0.05) is 12.8 Å². The molecule has 0 amide bonds. The third-order valence-electron chi connectivity index (χ3n) is 3.44. The van der Waals surface area contributed by atoms with E-state index in [1.807, 2.05) is 0 Å². The average molecular weight is 178 g/mol. The molecule has 1 spiro atoms. The van der Waals surface area contributed by atoms with Crippen LogP contribution in [0.15, 0.2) is 0 Å². The Morgan fingerprint density at radius 3 is 2.85 bits per heavy atom. The molecule has 4 nitrogen and oxygen atoms in total. The highest BCUT2D eigenvalue weighted by Crippen LogP contribution is 2.43. The molecule has 1 aromatic heterocycles. The summed E-state index contributed by atoms with van der Waals surface area (Å²) in [5.74, 6) is 0.672. The fourth-order valence-electron chi connectivity index (χ4n) is 2.71. The Balaban J connectivity index is 2.11. The van der Waals surface area contributed by atoms with Crippen molar-refractivity contribution >= 4 is 5.82 Å². The smallest absolute Gasteiger partial charge is 0.150 e. The molecule has 1 aliphatic carbocycles. The van der Waals surface area contributed by atoms with Crippen molar-refractivity contribution in [3.63, 3.8) is 0 Å². The number of nitrogens with zero attached hydrogens (tertiary/aromatic N) is 1. The van der Waals surface area contributed by atoms with Gasteiger partial charge in [-0.05, 0) is 12.8 Å². The van der Waals surface area contributed by atoms with Gasteiger partial charge in [0.15, 0.2) is 0 Å². The summed E-state index contributed by atoms with van der Waals surface area (Å²) >= 11 is 0. The zero-order valence-electron chi connectivity index (χ0n) is 7.56. The highest BCUT2D eigenvalue weighted by molar-refractivity contribution is 5.47. The Bertz CT molecular complexity index is 335. The van der Waals surface area contributed by atoms with Crippen LogP contribution in [0.5, 0.6) is 0 Å². The lowest BCUT2D eigenvalue weighted by Gasteiger charge is -2.22. The zero-order valence-corrected chi connectivity index (χ0v) is 7.56. The van der Waals surface area contributed by atoms with E-state index in [0.29, 0.717) is 5.82 Å². The number of nitrogen functional groups attached to an aromatic ring is 1. The molecule has 13 heavy (non-hydrogen) atoms. The van der Waals surface area contributed by atoms with Crippen LogP contribution in [0.1, 0.15) is 36.9 Å². The molecule has 4 heteroatoms. The lowest BCUT2D eigenvalue weighted by molar-refractivity contribution is 0.362. The summed E-state index contributed by atoms with van der Waals surface area (Å²) in [5, 5.41) is 10.7. The Kier molecular flexibility index (Phi) is 1.28. The van der Waals surface area contributed by atoms with Gasteiger partial charge >= 0.3 is 0 Å². The van der Waals surface area contributed by atoms with E-state index in [4.69, 9.17) is 5.73 Å². The first kappa shape index (κ1) is 7.38. The van der Waals surface area contributed by atoms with Gasteiger partial charge < -0.3 is 11.1 Å².